The molecule has 0 radical (unpaired) electrons. The zero-order valence-corrected chi connectivity index (χ0v) is 17.9. The highest BCUT2D eigenvalue weighted by Crippen LogP contribution is 2.27. The van der Waals surface area contributed by atoms with Gasteiger partial charge in [-0.25, -0.2) is 0 Å². The van der Waals surface area contributed by atoms with Crippen LogP contribution in [0.4, 0.5) is 0 Å². The van der Waals surface area contributed by atoms with Gasteiger partial charge in [-0.15, -0.1) is 0 Å². The molecular formula is C18H34O16. The van der Waals surface area contributed by atoms with E-state index < -0.39 is 112 Å². The van der Waals surface area contributed by atoms with E-state index in [0.29, 0.717) is 0 Å². The first-order valence-electron chi connectivity index (χ1n) is 10.5. The van der Waals surface area contributed by atoms with Crippen molar-refractivity contribution >= 4 is 0 Å². The van der Waals surface area contributed by atoms with Gasteiger partial charge in [0.25, 0.3) is 0 Å². The Morgan fingerprint density at radius 2 is 1.12 bits per heavy atom. The number of rotatable bonds is 11. The summed E-state index contributed by atoms with van der Waals surface area (Å²) in [7, 11) is 0. The fraction of sp³-hybridized carbons (Fsp3) is 1.00. The van der Waals surface area contributed by atoms with Gasteiger partial charge in [0.15, 0.2) is 12.6 Å². The monoisotopic (exact) mass is 506 g/mol. The van der Waals surface area contributed by atoms with Crippen molar-refractivity contribution in [3.63, 3.8) is 0 Å². The molecule has 16 heteroatoms. The van der Waals surface area contributed by atoms with Crippen LogP contribution >= 0.6 is 0 Å². The van der Waals surface area contributed by atoms with Gasteiger partial charge in [-0.05, 0) is 0 Å². The van der Waals surface area contributed by atoms with E-state index in [2.05, 4.69) is 0 Å². The number of ether oxygens (including phenoxy) is 4. The molecule has 2 rings (SSSR count). The molecule has 0 aromatic heterocycles. The molecule has 0 unspecified atom stereocenters. The Morgan fingerprint density at radius 1 is 0.618 bits per heavy atom. The topological polar surface area (TPSA) is 280 Å². The van der Waals surface area contributed by atoms with Crippen molar-refractivity contribution in [1.29, 1.82) is 0 Å². The minimum Gasteiger partial charge on any atom is -0.394 e. The fourth-order valence-corrected chi connectivity index (χ4v) is 3.55. The van der Waals surface area contributed by atoms with Crippen LogP contribution in [0.3, 0.4) is 0 Å². The van der Waals surface area contributed by atoms with E-state index >= 15 is 0 Å². The van der Waals surface area contributed by atoms with Crippen LogP contribution < -0.4 is 0 Å². The lowest BCUT2D eigenvalue weighted by Crippen LogP contribution is -2.63. The molecule has 2 aliphatic heterocycles. The predicted molar refractivity (Wildman–Crippen MR) is 103 cm³/mol. The maximum Gasteiger partial charge on any atom is 0.187 e. The Morgan fingerprint density at radius 3 is 1.65 bits per heavy atom. The highest BCUT2D eigenvalue weighted by atomic mass is 16.7. The van der Waals surface area contributed by atoms with Crippen LogP contribution in [0, 0.1) is 0 Å². The van der Waals surface area contributed by atoms with Crippen molar-refractivity contribution in [3.8, 4) is 0 Å². The number of hydrogen-bond acceptors (Lipinski definition) is 16. The second kappa shape index (κ2) is 13.1. The van der Waals surface area contributed by atoms with Crippen molar-refractivity contribution in [2.45, 2.75) is 85.8 Å². The average Bonchev–Trinajstić information content (AvgIpc) is 2.84. The van der Waals surface area contributed by atoms with Crippen LogP contribution in [0.25, 0.3) is 0 Å². The average molecular weight is 506 g/mol. The fourth-order valence-electron chi connectivity index (χ4n) is 3.55. The summed E-state index contributed by atoms with van der Waals surface area (Å²) in [6, 6.07) is 0. The van der Waals surface area contributed by atoms with E-state index in [-0.39, 0.29) is 0 Å². The van der Waals surface area contributed by atoms with Gasteiger partial charge in [0.2, 0.25) is 0 Å². The first-order valence-corrected chi connectivity index (χ1v) is 10.5. The maximum absolute atomic E-state index is 10.2. The summed E-state index contributed by atoms with van der Waals surface area (Å²) in [5, 5.41) is 117. The Kier molecular flexibility index (Phi) is 11.4. The van der Waals surface area contributed by atoms with E-state index in [0.717, 1.165) is 0 Å². The van der Waals surface area contributed by atoms with Crippen LogP contribution in [-0.2, 0) is 18.9 Å². The van der Waals surface area contributed by atoms with Crippen LogP contribution in [0.1, 0.15) is 0 Å². The molecule has 0 saturated carbocycles. The largest absolute Gasteiger partial charge is 0.394 e. The van der Waals surface area contributed by atoms with Gasteiger partial charge in [-0.1, -0.05) is 0 Å². The highest BCUT2D eigenvalue weighted by molar-refractivity contribution is 4.93. The van der Waals surface area contributed by atoms with Gasteiger partial charge >= 0.3 is 0 Å². The molecule has 2 heterocycles. The molecule has 0 spiro atoms. The van der Waals surface area contributed by atoms with Crippen molar-refractivity contribution in [2.75, 3.05) is 26.4 Å². The minimum absolute atomic E-state index is 0.650. The Balaban J connectivity index is 2.10. The first kappa shape index (κ1) is 29.6. The lowest BCUT2D eigenvalue weighted by Gasteiger charge is -2.44. The second-order valence-corrected chi connectivity index (χ2v) is 8.14. The van der Waals surface area contributed by atoms with Gasteiger partial charge in [-0.2, -0.15) is 0 Å². The normalized spacial score (nSPS) is 42.7. The second-order valence-electron chi connectivity index (χ2n) is 8.14. The van der Waals surface area contributed by atoms with E-state index in [1.165, 1.54) is 0 Å². The molecule has 14 atom stereocenters. The summed E-state index contributed by atoms with van der Waals surface area (Å²) in [5.41, 5.74) is 0. The van der Waals surface area contributed by atoms with Gasteiger partial charge < -0.3 is 80.2 Å². The van der Waals surface area contributed by atoms with Crippen LogP contribution in [0.2, 0.25) is 0 Å². The van der Waals surface area contributed by atoms with E-state index in [1.54, 1.807) is 0 Å². The van der Waals surface area contributed by atoms with E-state index in [9.17, 15) is 56.2 Å². The quantitative estimate of drug-likeness (QED) is 0.124. The third-order valence-corrected chi connectivity index (χ3v) is 5.72. The molecule has 0 aromatic carbocycles. The molecule has 12 N–H and O–H groups in total. The molecule has 2 saturated heterocycles. The molecule has 0 aromatic rings. The highest BCUT2D eigenvalue weighted by Gasteiger charge is 2.49. The molecule has 202 valence electrons. The predicted octanol–water partition coefficient (Wildman–Crippen LogP) is -7.94. The van der Waals surface area contributed by atoms with E-state index in [1.807, 2.05) is 0 Å². The van der Waals surface area contributed by atoms with Gasteiger partial charge in [0, 0.05) is 0 Å². The summed E-state index contributed by atoms with van der Waals surface area (Å²) < 4.78 is 21.0. The van der Waals surface area contributed by atoms with Crippen molar-refractivity contribution in [2.24, 2.45) is 0 Å². The Bertz CT molecular complexity index is 596. The van der Waals surface area contributed by atoms with Crippen molar-refractivity contribution in [3.05, 3.63) is 0 Å². The summed E-state index contributed by atoms with van der Waals surface area (Å²) in [6.07, 6.45) is -24.4. The lowest BCUT2D eigenvalue weighted by molar-refractivity contribution is -0.344. The Hall–Kier alpha value is -0.640. The lowest BCUT2D eigenvalue weighted by atomic mass is 9.98. The summed E-state index contributed by atoms with van der Waals surface area (Å²) in [4.78, 5) is 0. The minimum atomic E-state index is -1.96. The van der Waals surface area contributed by atoms with Crippen molar-refractivity contribution < 1.29 is 80.2 Å². The zero-order valence-electron chi connectivity index (χ0n) is 17.9. The third kappa shape index (κ3) is 6.56. The zero-order chi connectivity index (χ0) is 25.7. The van der Waals surface area contributed by atoms with Crippen LogP contribution in [0.15, 0.2) is 0 Å². The molecule has 0 bridgehead atoms. The number of aliphatic hydroxyl groups is 12. The molecule has 2 aliphatic rings. The van der Waals surface area contributed by atoms with Crippen molar-refractivity contribution in [1.82, 2.24) is 0 Å². The summed E-state index contributed by atoms with van der Waals surface area (Å²) in [6.45, 7) is -3.27. The maximum atomic E-state index is 10.2. The number of aliphatic hydroxyl groups excluding tert-OH is 12. The molecule has 0 amide bonds. The Labute approximate surface area is 193 Å². The molecular weight excluding hydrogens is 472 g/mol. The first-order chi connectivity index (χ1) is 16.0. The number of hydrogen-bond donors (Lipinski definition) is 12. The molecule has 34 heavy (non-hydrogen) atoms. The van der Waals surface area contributed by atoms with Gasteiger partial charge in [0.05, 0.1) is 26.4 Å². The molecule has 0 aliphatic carbocycles. The van der Waals surface area contributed by atoms with Gasteiger partial charge in [-0.3, -0.25) is 0 Å². The van der Waals surface area contributed by atoms with E-state index in [4.69, 9.17) is 24.1 Å². The van der Waals surface area contributed by atoms with Gasteiger partial charge in [0.1, 0.15) is 73.2 Å². The standard InChI is InChI=1S/C18H34O16/c19-1-5(22)9(24)16(6(23)2-20)34-18-15(30)13(28)11(26)8(33-18)4-31-17-14(29)12(27)10(25)7(3-21)32-17/h5-30H,1-4H2/t5-,6+,7+,8+,9+,10+,11+,12-,13-,14+,15+,16+,17+,18-/m0/s1. The summed E-state index contributed by atoms with van der Waals surface area (Å²) in [5.74, 6) is 0. The SMILES string of the molecule is OC[C@@H](O)[C@@H](O[C@@H]1O[C@H](CO[C@@H]2O[C@H](CO)[C@@H](O)[C@H](O)[C@H]2O)[C@@H](O)[C@H](O)[C@H]1O)[C@H](O)[C@@H](O)CO. The third-order valence-electron chi connectivity index (χ3n) is 5.72. The molecule has 16 nitrogen and oxygen atoms in total. The van der Waals surface area contributed by atoms with Crippen LogP contribution in [-0.4, -0.2) is 174 Å². The smallest absolute Gasteiger partial charge is 0.187 e. The van der Waals surface area contributed by atoms with Crippen LogP contribution in [0.5, 0.6) is 0 Å². The summed E-state index contributed by atoms with van der Waals surface area (Å²) >= 11 is 0. The molecule has 2 fully saturated rings.